The fraction of sp³-hybridized carbons (Fsp3) is 0.0159. The Hall–Kier alpha value is -8.24. The lowest BCUT2D eigenvalue weighted by Gasteiger charge is -2.31. The molecule has 0 N–H and O–H groups in total. The van der Waals surface area contributed by atoms with Crippen molar-refractivity contribution >= 4 is 55.5 Å². The van der Waals surface area contributed by atoms with Gasteiger partial charge in [-0.2, -0.15) is 0 Å². The van der Waals surface area contributed by atoms with Gasteiger partial charge in [-0.1, -0.05) is 170 Å². The predicted octanol–water partition coefficient (Wildman–Crippen LogP) is 17.5. The van der Waals surface area contributed by atoms with Crippen molar-refractivity contribution in [1.82, 2.24) is 0 Å². The summed E-state index contributed by atoms with van der Waals surface area (Å²) in [5.74, 6) is 0. The fourth-order valence-corrected chi connectivity index (χ4v) is 12.2. The third kappa shape index (κ3) is 5.94. The number of benzene rings is 10. The second kappa shape index (κ2) is 15.5. The molecule has 1 unspecified atom stereocenters. The van der Waals surface area contributed by atoms with Crippen LogP contribution < -0.4 is 9.80 Å². The Kier molecular flexibility index (Phi) is 8.97. The summed E-state index contributed by atoms with van der Waals surface area (Å²) in [6.07, 6.45) is 0. The largest absolute Gasteiger partial charge is 0.311 e. The molecule has 1 atom stereocenters. The van der Waals surface area contributed by atoms with Crippen LogP contribution in [0, 0.1) is 0 Å². The Bertz CT molecular complexity index is 3520. The SMILES string of the molecule is c1ccc(-c2ccc(N(c3ccccc3)c3ccc(-c4ccc5c(c4)C4(c6ccccc6-5)c5cc(N(c6ccccc6)c6ccccc6)ccc5-c5c4sc4ccccc54)cc3)cc2)cc1. The van der Waals surface area contributed by atoms with Crippen molar-refractivity contribution in [3.05, 3.63) is 276 Å². The van der Waals surface area contributed by atoms with Gasteiger partial charge in [-0.3, -0.25) is 0 Å². The number of nitrogens with zero attached hydrogens (tertiary/aromatic N) is 2. The number of anilines is 6. The molecule has 66 heavy (non-hydrogen) atoms. The molecule has 3 heteroatoms. The molecule has 0 amide bonds. The van der Waals surface area contributed by atoms with Crippen molar-refractivity contribution in [2.24, 2.45) is 0 Å². The van der Waals surface area contributed by atoms with Gasteiger partial charge in [0.15, 0.2) is 0 Å². The summed E-state index contributed by atoms with van der Waals surface area (Å²) in [6, 6.07) is 93.4. The van der Waals surface area contributed by atoms with Crippen LogP contribution in [-0.2, 0) is 5.41 Å². The summed E-state index contributed by atoms with van der Waals surface area (Å²) in [5, 5.41) is 1.32. The number of fused-ring (bicyclic) bond motifs is 12. The van der Waals surface area contributed by atoms with E-state index in [-0.39, 0.29) is 0 Å². The van der Waals surface area contributed by atoms with Gasteiger partial charge in [0.05, 0.1) is 5.41 Å². The highest BCUT2D eigenvalue weighted by Gasteiger charge is 2.53. The lowest BCUT2D eigenvalue weighted by Crippen LogP contribution is -2.25. The van der Waals surface area contributed by atoms with Crippen LogP contribution in [0.2, 0.25) is 0 Å². The molecule has 13 rings (SSSR count). The molecule has 2 aliphatic carbocycles. The van der Waals surface area contributed by atoms with E-state index in [1.165, 1.54) is 76.2 Å². The smallest absolute Gasteiger partial charge is 0.0820 e. The number of rotatable bonds is 8. The molecule has 0 saturated heterocycles. The highest BCUT2D eigenvalue weighted by atomic mass is 32.1. The molecule has 1 spiro atoms. The summed E-state index contributed by atoms with van der Waals surface area (Å²) in [5.41, 5.74) is 20.3. The summed E-state index contributed by atoms with van der Waals surface area (Å²) >= 11 is 1.96. The van der Waals surface area contributed by atoms with Gasteiger partial charge in [-0.15, -0.1) is 11.3 Å². The fourth-order valence-electron chi connectivity index (χ4n) is 10.8. The molecular weight excluding hydrogens is 817 g/mol. The summed E-state index contributed by atoms with van der Waals surface area (Å²) in [7, 11) is 0. The highest BCUT2D eigenvalue weighted by molar-refractivity contribution is 7.20. The van der Waals surface area contributed by atoms with Crippen molar-refractivity contribution < 1.29 is 0 Å². The van der Waals surface area contributed by atoms with Gasteiger partial charge in [0.25, 0.3) is 0 Å². The van der Waals surface area contributed by atoms with E-state index in [0.29, 0.717) is 0 Å². The van der Waals surface area contributed by atoms with Crippen LogP contribution in [0.15, 0.2) is 255 Å². The second-order valence-corrected chi connectivity index (χ2v) is 18.3. The van der Waals surface area contributed by atoms with Crippen molar-refractivity contribution in [3.63, 3.8) is 0 Å². The minimum Gasteiger partial charge on any atom is -0.311 e. The first-order valence-electron chi connectivity index (χ1n) is 22.7. The van der Waals surface area contributed by atoms with E-state index in [2.05, 4.69) is 265 Å². The van der Waals surface area contributed by atoms with E-state index < -0.39 is 5.41 Å². The summed E-state index contributed by atoms with van der Waals surface area (Å²) < 4.78 is 1.32. The second-order valence-electron chi connectivity index (χ2n) is 17.2. The zero-order valence-corrected chi connectivity index (χ0v) is 36.9. The van der Waals surface area contributed by atoms with Crippen molar-refractivity contribution in [2.75, 3.05) is 9.80 Å². The van der Waals surface area contributed by atoms with Crippen molar-refractivity contribution in [1.29, 1.82) is 0 Å². The van der Waals surface area contributed by atoms with Gasteiger partial charge in [0.2, 0.25) is 0 Å². The molecular formula is C63H42N2S. The molecule has 0 radical (unpaired) electrons. The molecule has 2 aliphatic rings. The van der Waals surface area contributed by atoms with Crippen LogP contribution in [0.3, 0.4) is 0 Å². The zero-order chi connectivity index (χ0) is 43.6. The summed E-state index contributed by atoms with van der Waals surface area (Å²) in [4.78, 5) is 6.14. The Labute approximate surface area is 389 Å². The molecule has 0 saturated carbocycles. The minimum absolute atomic E-state index is 0.513. The first-order valence-corrected chi connectivity index (χ1v) is 23.5. The van der Waals surface area contributed by atoms with Gasteiger partial charge in [0, 0.05) is 54.7 Å². The van der Waals surface area contributed by atoms with Crippen LogP contribution in [-0.4, -0.2) is 0 Å². The molecule has 10 aromatic carbocycles. The summed E-state index contributed by atoms with van der Waals surface area (Å²) in [6.45, 7) is 0. The molecule has 1 heterocycles. The number of hydrogen-bond donors (Lipinski definition) is 0. The van der Waals surface area contributed by atoms with E-state index in [0.717, 1.165) is 34.1 Å². The van der Waals surface area contributed by atoms with E-state index in [1.807, 2.05) is 11.3 Å². The van der Waals surface area contributed by atoms with Gasteiger partial charge < -0.3 is 9.80 Å². The van der Waals surface area contributed by atoms with Gasteiger partial charge in [-0.05, 0) is 141 Å². The monoisotopic (exact) mass is 858 g/mol. The Morgan fingerprint density at radius 1 is 0.288 bits per heavy atom. The first-order chi connectivity index (χ1) is 32.7. The maximum absolute atomic E-state index is 2.50. The van der Waals surface area contributed by atoms with Crippen molar-refractivity contribution in [3.8, 4) is 44.5 Å². The molecule has 0 aliphatic heterocycles. The standard InChI is InChI=1S/C63H42N2S/c1-5-17-43(18-6-1)44-29-34-50(35-30-44)64(47-19-7-2-8-20-47)51-36-31-45(32-37-51)46-33-39-54-53-25-13-15-27-57(53)63(58(54)41-46)59-42-52(65(48-21-9-3-10-22-48)49-23-11-4-12-24-49)38-40-55(59)61-56-26-14-16-28-60(56)66-62(61)63/h1-42H. The third-order valence-electron chi connectivity index (χ3n) is 13.7. The van der Waals surface area contributed by atoms with E-state index in [1.54, 1.807) is 0 Å². The van der Waals surface area contributed by atoms with Gasteiger partial charge in [-0.25, -0.2) is 0 Å². The lowest BCUT2D eigenvalue weighted by atomic mass is 9.73. The molecule has 310 valence electrons. The Morgan fingerprint density at radius 2 is 0.712 bits per heavy atom. The number of hydrogen-bond acceptors (Lipinski definition) is 3. The van der Waals surface area contributed by atoms with E-state index in [4.69, 9.17) is 0 Å². The average Bonchev–Trinajstić information content (AvgIpc) is 4.02. The highest BCUT2D eigenvalue weighted by Crippen LogP contribution is 2.66. The van der Waals surface area contributed by atoms with Crippen LogP contribution >= 0.6 is 11.3 Å². The lowest BCUT2D eigenvalue weighted by molar-refractivity contribution is 0.812. The van der Waals surface area contributed by atoms with Crippen LogP contribution in [0.5, 0.6) is 0 Å². The number of para-hydroxylation sites is 3. The van der Waals surface area contributed by atoms with E-state index >= 15 is 0 Å². The van der Waals surface area contributed by atoms with Gasteiger partial charge >= 0.3 is 0 Å². The molecule has 11 aromatic rings. The van der Waals surface area contributed by atoms with Crippen LogP contribution in [0.4, 0.5) is 34.1 Å². The topological polar surface area (TPSA) is 6.48 Å². The van der Waals surface area contributed by atoms with Crippen LogP contribution in [0.1, 0.15) is 21.6 Å². The molecule has 0 bridgehead atoms. The quantitative estimate of drug-likeness (QED) is 0.150. The molecule has 0 fully saturated rings. The normalized spacial score (nSPS) is 14.1. The first kappa shape index (κ1) is 38.2. The predicted molar refractivity (Wildman–Crippen MR) is 278 cm³/mol. The van der Waals surface area contributed by atoms with Crippen LogP contribution in [0.25, 0.3) is 54.6 Å². The maximum Gasteiger partial charge on any atom is 0.0820 e. The average molecular weight is 859 g/mol. The molecule has 2 nitrogen and oxygen atoms in total. The Morgan fingerprint density at radius 3 is 1.35 bits per heavy atom. The molecule has 1 aromatic heterocycles. The maximum atomic E-state index is 2.50. The zero-order valence-electron chi connectivity index (χ0n) is 36.1. The van der Waals surface area contributed by atoms with E-state index in [9.17, 15) is 0 Å². The van der Waals surface area contributed by atoms with Crippen molar-refractivity contribution in [2.45, 2.75) is 5.41 Å². The Balaban J connectivity index is 0.973. The minimum atomic E-state index is -0.513. The third-order valence-corrected chi connectivity index (χ3v) is 14.9. The van der Waals surface area contributed by atoms with Gasteiger partial charge in [0.1, 0.15) is 0 Å². The number of thiophene rings is 1.